The number of halogens is 3. The maximum atomic E-state index is 12.2. The molecular weight excluding hydrogens is 347 g/mol. The highest BCUT2D eigenvalue weighted by atomic mass is 19.4. The van der Waals surface area contributed by atoms with Gasteiger partial charge in [-0.1, -0.05) is 12.1 Å². The second-order valence-electron chi connectivity index (χ2n) is 6.65. The third-order valence-electron chi connectivity index (χ3n) is 4.76. The summed E-state index contributed by atoms with van der Waals surface area (Å²) in [6.45, 7) is 2.32. The minimum Gasteiger partial charge on any atom is -0.406 e. The molecule has 0 unspecified atom stereocenters. The smallest absolute Gasteiger partial charge is 0.406 e. The fourth-order valence-electron chi connectivity index (χ4n) is 3.35. The number of aliphatic hydroxyl groups is 1. The van der Waals surface area contributed by atoms with Gasteiger partial charge in [-0.05, 0) is 49.5 Å². The number of piperidine rings is 1. The van der Waals surface area contributed by atoms with Gasteiger partial charge in [0.25, 0.3) is 0 Å². The number of aromatic nitrogens is 2. The largest absolute Gasteiger partial charge is 0.573 e. The predicted octanol–water partition coefficient (Wildman–Crippen LogP) is 3.26. The summed E-state index contributed by atoms with van der Waals surface area (Å²) >= 11 is 0. The van der Waals surface area contributed by atoms with E-state index in [1.807, 2.05) is 17.8 Å². The number of ether oxygens (including phenoxy) is 1. The standard InChI is InChI=1S/C18H22F3N3O2/c1-23-11-8-22-17(23)16(25)14-6-9-24(10-7-14)12-13-2-4-15(5-3-13)26-18(19,20)21/h2-5,8,11,14,16,25H,6-7,9-10,12H2,1H3/t16-/m1/s1. The fourth-order valence-corrected chi connectivity index (χ4v) is 3.35. The van der Waals surface area contributed by atoms with Gasteiger partial charge in [-0.3, -0.25) is 4.90 Å². The van der Waals surface area contributed by atoms with E-state index in [-0.39, 0.29) is 11.7 Å². The van der Waals surface area contributed by atoms with Gasteiger partial charge in [0, 0.05) is 26.0 Å². The number of rotatable bonds is 5. The molecule has 0 saturated carbocycles. The zero-order chi connectivity index (χ0) is 18.7. The van der Waals surface area contributed by atoms with Crippen molar-refractivity contribution in [3.8, 4) is 5.75 Å². The summed E-state index contributed by atoms with van der Waals surface area (Å²) in [6, 6.07) is 5.96. The van der Waals surface area contributed by atoms with Crippen LogP contribution < -0.4 is 4.74 Å². The van der Waals surface area contributed by atoms with Gasteiger partial charge in [0.15, 0.2) is 0 Å². The Balaban J connectivity index is 1.50. The zero-order valence-corrected chi connectivity index (χ0v) is 14.5. The van der Waals surface area contributed by atoms with E-state index in [2.05, 4.69) is 14.6 Å². The normalized spacial score (nSPS) is 18.0. The molecule has 2 heterocycles. The topological polar surface area (TPSA) is 50.5 Å². The number of aliphatic hydroxyl groups excluding tert-OH is 1. The van der Waals surface area contributed by atoms with E-state index >= 15 is 0 Å². The van der Waals surface area contributed by atoms with Gasteiger partial charge in [-0.25, -0.2) is 4.98 Å². The molecule has 1 atom stereocenters. The summed E-state index contributed by atoms with van der Waals surface area (Å²) < 4.78 is 42.3. The molecule has 3 rings (SSSR count). The van der Waals surface area contributed by atoms with E-state index in [0.717, 1.165) is 31.5 Å². The van der Waals surface area contributed by atoms with Crippen molar-refractivity contribution < 1.29 is 23.0 Å². The van der Waals surface area contributed by atoms with Crippen molar-refractivity contribution in [1.29, 1.82) is 0 Å². The van der Waals surface area contributed by atoms with Gasteiger partial charge in [-0.15, -0.1) is 13.2 Å². The fraction of sp³-hybridized carbons (Fsp3) is 0.500. The van der Waals surface area contributed by atoms with E-state index in [1.165, 1.54) is 12.1 Å². The van der Waals surface area contributed by atoms with Crippen LogP contribution in [0, 0.1) is 5.92 Å². The lowest BCUT2D eigenvalue weighted by Gasteiger charge is -2.34. The first-order chi connectivity index (χ1) is 12.3. The predicted molar refractivity (Wildman–Crippen MR) is 89.3 cm³/mol. The minimum atomic E-state index is -4.67. The number of hydrogen-bond donors (Lipinski definition) is 1. The average Bonchev–Trinajstić information content (AvgIpc) is 3.01. The van der Waals surface area contributed by atoms with Crippen LogP contribution in [0.4, 0.5) is 13.2 Å². The first-order valence-corrected chi connectivity index (χ1v) is 8.54. The Morgan fingerprint density at radius 1 is 1.23 bits per heavy atom. The number of likely N-dealkylation sites (tertiary alicyclic amines) is 1. The zero-order valence-electron chi connectivity index (χ0n) is 14.5. The minimum absolute atomic E-state index is 0.162. The average molecular weight is 369 g/mol. The Morgan fingerprint density at radius 2 is 1.88 bits per heavy atom. The van der Waals surface area contributed by atoms with E-state index in [1.54, 1.807) is 18.3 Å². The highest BCUT2D eigenvalue weighted by molar-refractivity contribution is 5.27. The monoisotopic (exact) mass is 369 g/mol. The van der Waals surface area contributed by atoms with E-state index in [4.69, 9.17) is 0 Å². The molecule has 5 nitrogen and oxygen atoms in total. The maximum absolute atomic E-state index is 12.2. The first kappa shape index (κ1) is 18.7. The molecule has 1 N–H and O–H groups in total. The molecule has 0 bridgehead atoms. The van der Waals surface area contributed by atoms with Crippen LogP contribution in [-0.4, -0.2) is 39.0 Å². The van der Waals surface area contributed by atoms with Gasteiger partial charge >= 0.3 is 6.36 Å². The third kappa shape index (κ3) is 4.76. The molecule has 26 heavy (non-hydrogen) atoms. The Bertz CT molecular complexity index is 707. The van der Waals surface area contributed by atoms with Crippen LogP contribution in [0.5, 0.6) is 5.75 Å². The van der Waals surface area contributed by atoms with Crippen LogP contribution in [0.3, 0.4) is 0 Å². The van der Waals surface area contributed by atoms with Gasteiger partial charge in [0.1, 0.15) is 17.7 Å². The summed E-state index contributed by atoms with van der Waals surface area (Å²) in [7, 11) is 1.87. The van der Waals surface area contributed by atoms with Crippen molar-refractivity contribution in [3.05, 3.63) is 48.0 Å². The summed E-state index contributed by atoms with van der Waals surface area (Å²) in [6.07, 6.45) is -0.0417. The second-order valence-corrected chi connectivity index (χ2v) is 6.65. The van der Waals surface area contributed by atoms with Gasteiger partial charge in [-0.2, -0.15) is 0 Å². The number of nitrogens with zero attached hydrogens (tertiary/aromatic N) is 3. The molecule has 0 radical (unpaired) electrons. The molecule has 1 saturated heterocycles. The van der Waals surface area contributed by atoms with Crippen LogP contribution in [0.1, 0.15) is 30.3 Å². The van der Waals surface area contributed by atoms with Gasteiger partial charge < -0.3 is 14.4 Å². The quantitative estimate of drug-likeness (QED) is 0.879. The Hall–Kier alpha value is -2.06. The summed E-state index contributed by atoms with van der Waals surface area (Å²) in [5.74, 6) is 0.636. The van der Waals surface area contributed by atoms with Crippen LogP contribution in [0.25, 0.3) is 0 Å². The number of aryl methyl sites for hydroxylation is 1. The van der Waals surface area contributed by atoms with Crippen molar-refractivity contribution in [2.75, 3.05) is 13.1 Å². The molecule has 0 amide bonds. The second kappa shape index (κ2) is 7.67. The number of alkyl halides is 3. The molecule has 1 aromatic heterocycles. The summed E-state index contributed by atoms with van der Waals surface area (Å²) in [4.78, 5) is 6.46. The first-order valence-electron chi connectivity index (χ1n) is 8.54. The molecule has 0 aliphatic carbocycles. The lowest BCUT2D eigenvalue weighted by atomic mass is 9.90. The Morgan fingerprint density at radius 3 is 2.42 bits per heavy atom. The van der Waals surface area contributed by atoms with Crippen LogP contribution in [-0.2, 0) is 13.6 Å². The molecule has 1 aliphatic heterocycles. The lowest BCUT2D eigenvalue weighted by molar-refractivity contribution is -0.274. The molecule has 1 aromatic carbocycles. The van der Waals surface area contributed by atoms with Gasteiger partial charge in [0.05, 0.1) is 0 Å². The molecule has 2 aromatic rings. The van der Waals surface area contributed by atoms with Crippen molar-refractivity contribution in [2.45, 2.75) is 31.9 Å². The lowest BCUT2D eigenvalue weighted by Crippen LogP contribution is -2.35. The molecule has 1 fully saturated rings. The number of imidazole rings is 1. The number of benzene rings is 1. The SMILES string of the molecule is Cn1ccnc1[C@H](O)C1CCN(Cc2ccc(OC(F)(F)F)cc2)CC1. The van der Waals surface area contributed by atoms with E-state index in [9.17, 15) is 18.3 Å². The summed E-state index contributed by atoms with van der Waals surface area (Å²) in [5.41, 5.74) is 0.933. The van der Waals surface area contributed by atoms with E-state index in [0.29, 0.717) is 12.4 Å². The van der Waals surface area contributed by atoms with Crippen molar-refractivity contribution >= 4 is 0 Å². The third-order valence-corrected chi connectivity index (χ3v) is 4.76. The summed E-state index contributed by atoms with van der Waals surface area (Å²) in [5, 5.41) is 10.5. The highest BCUT2D eigenvalue weighted by Crippen LogP contribution is 2.30. The maximum Gasteiger partial charge on any atom is 0.573 e. The van der Waals surface area contributed by atoms with Crippen LogP contribution in [0.15, 0.2) is 36.7 Å². The highest BCUT2D eigenvalue weighted by Gasteiger charge is 2.31. The Labute approximate surface area is 150 Å². The molecular formula is C18H22F3N3O2. The Kier molecular flexibility index (Phi) is 5.52. The van der Waals surface area contributed by atoms with Gasteiger partial charge in [0.2, 0.25) is 0 Å². The molecule has 1 aliphatic rings. The van der Waals surface area contributed by atoms with Crippen molar-refractivity contribution in [3.63, 3.8) is 0 Å². The molecule has 0 spiro atoms. The van der Waals surface area contributed by atoms with Crippen molar-refractivity contribution in [1.82, 2.24) is 14.5 Å². The van der Waals surface area contributed by atoms with Crippen molar-refractivity contribution in [2.24, 2.45) is 13.0 Å². The number of hydrogen-bond acceptors (Lipinski definition) is 4. The van der Waals surface area contributed by atoms with E-state index < -0.39 is 12.5 Å². The molecule has 8 heteroatoms. The van der Waals surface area contributed by atoms with Crippen LogP contribution >= 0.6 is 0 Å². The van der Waals surface area contributed by atoms with Crippen LogP contribution in [0.2, 0.25) is 0 Å². The molecule has 142 valence electrons.